The van der Waals surface area contributed by atoms with Crippen molar-refractivity contribution in [1.82, 2.24) is 20.9 Å². The van der Waals surface area contributed by atoms with Crippen LogP contribution in [0.2, 0.25) is 0 Å². The number of piperidine rings is 1. The van der Waals surface area contributed by atoms with Crippen molar-refractivity contribution in [3.63, 3.8) is 0 Å². The second-order valence-corrected chi connectivity index (χ2v) is 10.9. The average molecular weight is 574 g/mol. The van der Waals surface area contributed by atoms with E-state index in [2.05, 4.69) is 20.9 Å². The van der Waals surface area contributed by atoms with Crippen LogP contribution in [-0.4, -0.2) is 93.4 Å². The van der Waals surface area contributed by atoms with Crippen molar-refractivity contribution in [2.75, 3.05) is 0 Å². The molecule has 0 bridgehead atoms. The third-order valence-corrected chi connectivity index (χ3v) is 7.72. The van der Waals surface area contributed by atoms with E-state index in [0.717, 1.165) is 18.4 Å². The fourth-order valence-electron chi connectivity index (χ4n) is 5.64. The second-order valence-electron chi connectivity index (χ2n) is 10.9. The summed E-state index contributed by atoms with van der Waals surface area (Å²) >= 11 is 0. The smallest absolute Gasteiger partial charge is 0.478 e. The molecule has 222 valence electrons. The summed E-state index contributed by atoms with van der Waals surface area (Å²) in [6.07, 6.45) is 5.43. The molecule has 4 heterocycles. The van der Waals surface area contributed by atoms with Crippen LogP contribution >= 0.6 is 0 Å². The predicted octanol–water partition coefficient (Wildman–Crippen LogP) is -0.876. The maximum absolute atomic E-state index is 13.0. The minimum Gasteiger partial charge on any atom is -0.481 e. The molecule has 1 aromatic rings. The van der Waals surface area contributed by atoms with E-state index in [-0.39, 0.29) is 37.1 Å². The number of rotatable bonds is 10. The van der Waals surface area contributed by atoms with Gasteiger partial charge in [-0.25, -0.2) is 0 Å². The van der Waals surface area contributed by atoms with Crippen molar-refractivity contribution in [2.45, 2.75) is 100 Å². The van der Waals surface area contributed by atoms with Crippen LogP contribution in [0.25, 0.3) is 0 Å². The number of hydrogen-bond donors (Lipinski definition) is 7. The van der Waals surface area contributed by atoms with E-state index in [1.54, 1.807) is 12.4 Å². The molecular formula is C25H36B2N4O10. The molecule has 2 unspecified atom stereocenters. The van der Waals surface area contributed by atoms with Crippen molar-refractivity contribution < 1.29 is 48.7 Å². The van der Waals surface area contributed by atoms with Crippen LogP contribution in [0.4, 0.5) is 0 Å². The molecule has 7 N–H and O–H groups in total. The van der Waals surface area contributed by atoms with Crippen LogP contribution in [0.15, 0.2) is 18.5 Å². The van der Waals surface area contributed by atoms with Gasteiger partial charge in [-0.2, -0.15) is 0 Å². The molecule has 0 saturated carbocycles. The molecule has 3 aliphatic heterocycles. The normalized spacial score (nSPS) is 28.5. The molecule has 14 nitrogen and oxygen atoms in total. The molecular weight excluding hydrogens is 538 g/mol. The summed E-state index contributed by atoms with van der Waals surface area (Å²) in [6.45, 7) is 0. The molecule has 3 fully saturated rings. The Hall–Kier alpha value is -3.04. The number of carbonyl (C=O) groups excluding carboxylic acids is 2. The first-order valence-corrected chi connectivity index (χ1v) is 14.0. The summed E-state index contributed by atoms with van der Waals surface area (Å²) in [4.78, 5) is 51.7. The van der Waals surface area contributed by atoms with E-state index in [0.29, 0.717) is 37.7 Å². The number of amides is 2. The molecule has 3 aliphatic rings. The fraction of sp³-hybridized carbons (Fsp3) is 0.640. The van der Waals surface area contributed by atoms with Crippen LogP contribution in [0, 0.1) is 0 Å². The Morgan fingerprint density at radius 1 is 0.878 bits per heavy atom. The molecule has 41 heavy (non-hydrogen) atoms. The van der Waals surface area contributed by atoms with Crippen LogP contribution in [-0.2, 0) is 34.9 Å². The van der Waals surface area contributed by atoms with E-state index in [4.69, 9.17) is 19.5 Å². The fourth-order valence-corrected chi connectivity index (χ4v) is 5.64. The number of hydrogen-bond acceptors (Lipinski definition) is 10. The third-order valence-electron chi connectivity index (χ3n) is 7.72. The van der Waals surface area contributed by atoms with E-state index in [9.17, 15) is 29.2 Å². The standard InChI is InChI=1S/C25H36B2N4O10/c32-22(30-20-6-4-16(10-23(33)34)40-26(20)38)9-14-8-15(13-28-12-14)18-2-1-3-19(29-18)25(37)31-21-7-5-17(11-24(35)36)41-27(21)39/h8,12-13,16-21,29,38-39H,1-7,9-11H2,(H,30,32)(H,31,37)(H,33,34)(H,35,36)/t16-,17-,18?,19?,20-,21-/m0/s1. The lowest BCUT2D eigenvalue weighted by molar-refractivity contribution is -0.140. The highest BCUT2D eigenvalue weighted by atomic mass is 16.5. The largest absolute Gasteiger partial charge is 0.481 e. The highest BCUT2D eigenvalue weighted by molar-refractivity contribution is 6.46. The van der Waals surface area contributed by atoms with Crippen molar-refractivity contribution in [1.29, 1.82) is 0 Å². The third kappa shape index (κ3) is 8.97. The van der Waals surface area contributed by atoms with E-state index < -0.39 is 56.3 Å². The molecule has 0 aromatic carbocycles. The minimum atomic E-state index is -1.29. The summed E-state index contributed by atoms with van der Waals surface area (Å²) in [5, 5.41) is 47.2. The van der Waals surface area contributed by atoms with Crippen molar-refractivity contribution in [2.24, 2.45) is 0 Å². The Morgan fingerprint density at radius 3 is 2.07 bits per heavy atom. The molecule has 4 rings (SSSR count). The molecule has 2 amide bonds. The van der Waals surface area contributed by atoms with Gasteiger partial charge in [0.25, 0.3) is 0 Å². The first-order chi connectivity index (χ1) is 19.6. The lowest BCUT2D eigenvalue weighted by Crippen LogP contribution is -2.57. The first-order valence-electron chi connectivity index (χ1n) is 14.0. The van der Waals surface area contributed by atoms with Gasteiger partial charge >= 0.3 is 26.2 Å². The zero-order valence-electron chi connectivity index (χ0n) is 22.6. The zero-order valence-corrected chi connectivity index (χ0v) is 22.6. The van der Waals surface area contributed by atoms with Gasteiger partial charge in [-0.3, -0.25) is 29.5 Å². The molecule has 1 aromatic heterocycles. The molecule has 3 saturated heterocycles. The van der Waals surface area contributed by atoms with Gasteiger partial charge in [0, 0.05) is 18.4 Å². The monoisotopic (exact) mass is 574 g/mol. The van der Waals surface area contributed by atoms with E-state index in [1.807, 2.05) is 6.07 Å². The number of aromatic nitrogens is 1. The van der Waals surface area contributed by atoms with Gasteiger partial charge in [0.05, 0.1) is 49.4 Å². The Bertz CT molecular complexity index is 1110. The number of nitrogens with zero attached hydrogens (tertiary/aromatic N) is 1. The minimum absolute atomic E-state index is 0.0156. The van der Waals surface area contributed by atoms with Crippen LogP contribution < -0.4 is 16.0 Å². The van der Waals surface area contributed by atoms with Crippen LogP contribution in [0.5, 0.6) is 0 Å². The predicted molar refractivity (Wildman–Crippen MR) is 144 cm³/mol. The van der Waals surface area contributed by atoms with Gasteiger partial charge in [0.1, 0.15) is 0 Å². The van der Waals surface area contributed by atoms with E-state index in [1.165, 1.54) is 0 Å². The van der Waals surface area contributed by atoms with Crippen LogP contribution in [0.1, 0.15) is 75.0 Å². The second kappa shape index (κ2) is 14.2. The quantitative estimate of drug-likeness (QED) is 0.170. The summed E-state index contributed by atoms with van der Waals surface area (Å²) in [7, 11) is -2.57. The molecule has 0 spiro atoms. The number of carboxylic acids is 2. The average Bonchev–Trinajstić information content (AvgIpc) is 2.91. The number of aliphatic carboxylic acids is 2. The molecule has 16 heteroatoms. The first kappa shape index (κ1) is 30.9. The summed E-state index contributed by atoms with van der Waals surface area (Å²) in [6, 6.07) is 1.16. The number of nitrogens with one attached hydrogen (secondary N) is 3. The molecule has 0 aliphatic carbocycles. The lowest BCUT2D eigenvalue weighted by Gasteiger charge is -2.34. The Morgan fingerprint density at radius 2 is 1.49 bits per heavy atom. The topological polar surface area (TPSA) is 217 Å². The Labute approximate surface area is 237 Å². The highest BCUT2D eigenvalue weighted by Crippen LogP contribution is 2.27. The summed E-state index contributed by atoms with van der Waals surface area (Å²) in [5.41, 5.74) is 1.48. The maximum atomic E-state index is 13.0. The Balaban J connectivity index is 1.27. The molecule has 6 atom stereocenters. The van der Waals surface area contributed by atoms with Gasteiger partial charge in [0.15, 0.2) is 0 Å². The van der Waals surface area contributed by atoms with Crippen LogP contribution in [0.3, 0.4) is 0 Å². The number of carbonyl (C=O) groups is 4. The van der Waals surface area contributed by atoms with Crippen molar-refractivity contribution in [3.8, 4) is 0 Å². The van der Waals surface area contributed by atoms with Crippen molar-refractivity contribution in [3.05, 3.63) is 29.6 Å². The van der Waals surface area contributed by atoms with Gasteiger partial charge in [-0.15, -0.1) is 0 Å². The van der Waals surface area contributed by atoms with Gasteiger partial charge in [0.2, 0.25) is 11.8 Å². The number of pyridine rings is 1. The van der Waals surface area contributed by atoms with Gasteiger partial charge in [-0.05, 0) is 56.1 Å². The Kier molecular flexibility index (Phi) is 10.7. The molecule has 0 radical (unpaired) electrons. The SMILES string of the molecule is O=C(O)C[C@@H]1CC[C@H](NC(=O)Cc2cncc(C3CCCC(C(=O)N[C@H]4CC[C@@H](CC(=O)O)OB4O)N3)c2)B(O)O1. The van der Waals surface area contributed by atoms with Gasteiger partial charge in [-0.1, -0.05) is 6.07 Å². The van der Waals surface area contributed by atoms with E-state index >= 15 is 0 Å². The van der Waals surface area contributed by atoms with Gasteiger partial charge < -0.3 is 40.2 Å². The maximum Gasteiger partial charge on any atom is 0.478 e. The highest BCUT2D eigenvalue weighted by Gasteiger charge is 2.39. The summed E-state index contributed by atoms with van der Waals surface area (Å²) < 4.78 is 10.7. The zero-order chi connectivity index (χ0) is 29.5. The number of carboxylic acid groups (broad SMARTS) is 2. The summed E-state index contributed by atoms with van der Waals surface area (Å²) in [5.74, 6) is -3.90. The van der Waals surface area contributed by atoms with Crippen molar-refractivity contribution >= 4 is 38.0 Å². The lowest BCUT2D eigenvalue weighted by atomic mass is 9.72.